The standard InChI is InChI=1S/C14H14BrFN2O/c1-9-10(8-17-2)3-6-14(18-9)19-13-7-11(15)4-5-12(13)16/h3-7,17H,8H2,1-2H3. The fraction of sp³-hybridized carbons (Fsp3) is 0.214. The van der Waals surface area contributed by atoms with Gasteiger partial charge in [0.05, 0.1) is 0 Å². The number of aryl methyl sites for hydroxylation is 1. The lowest BCUT2D eigenvalue weighted by atomic mass is 10.2. The largest absolute Gasteiger partial charge is 0.436 e. The number of hydrogen-bond acceptors (Lipinski definition) is 3. The molecule has 0 unspecified atom stereocenters. The normalized spacial score (nSPS) is 10.5. The molecule has 100 valence electrons. The number of halogens is 2. The van der Waals surface area contributed by atoms with Crippen molar-refractivity contribution in [1.29, 1.82) is 0 Å². The number of benzene rings is 1. The first-order valence-electron chi connectivity index (χ1n) is 5.84. The van der Waals surface area contributed by atoms with Crippen LogP contribution in [0.5, 0.6) is 11.6 Å². The van der Waals surface area contributed by atoms with Gasteiger partial charge in [-0.2, -0.15) is 0 Å². The number of aromatic nitrogens is 1. The third kappa shape index (κ3) is 3.52. The molecule has 0 atom stereocenters. The molecular weight excluding hydrogens is 311 g/mol. The highest BCUT2D eigenvalue weighted by Crippen LogP contribution is 2.27. The molecule has 0 aliphatic heterocycles. The average Bonchev–Trinajstić information content (AvgIpc) is 2.37. The topological polar surface area (TPSA) is 34.1 Å². The number of hydrogen-bond donors (Lipinski definition) is 1. The monoisotopic (exact) mass is 324 g/mol. The summed E-state index contributed by atoms with van der Waals surface area (Å²) in [7, 11) is 1.88. The molecule has 0 fully saturated rings. The number of ether oxygens (including phenoxy) is 1. The molecule has 0 spiro atoms. The van der Waals surface area contributed by atoms with Crippen LogP contribution in [-0.2, 0) is 6.54 Å². The minimum Gasteiger partial charge on any atom is -0.436 e. The maximum Gasteiger partial charge on any atom is 0.219 e. The maximum atomic E-state index is 13.6. The van der Waals surface area contributed by atoms with Gasteiger partial charge in [-0.3, -0.25) is 0 Å². The van der Waals surface area contributed by atoms with E-state index < -0.39 is 5.82 Å². The van der Waals surface area contributed by atoms with Crippen LogP contribution in [-0.4, -0.2) is 12.0 Å². The van der Waals surface area contributed by atoms with Gasteiger partial charge in [0.1, 0.15) is 0 Å². The third-order valence-corrected chi connectivity index (χ3v) is 3.14. The van der Waals surface area contributed by atoms with E-state index in [-0.39, 0.29) is 5.75 Å². The lowest BCUT2D eigenvalue weighted by molar-refractivity contribution is 0.426. The Morgan fingerprint density at radius 3 is 2.79 bits per heavy atom. The lowest BCUT2D eigenvalue weighted by Crippen LogP contribution is -2.07. The number of rotatable bonds is 4. The van der Waals surface area contributed by atoms with E-state index >= 15 is 0 Å². The van der Waals surface area contributed by atoms with Gasteiger partial charge < -0.3 is 10.1 Å². The van der Waals surface area contributed by atoms with Crippen LogP contribution < -0.4 is 10.1 Å². The van der Waals surface area contributed by atoms with Crippen LogP contribution in [0.3, 0.4) is 0 Å². The summed E-state index contributed by atoms with van der Waals surface area (Å²) in [6.07, 6.45) is 0. The Labute approximate surface area is 119 Å². The van der Waals surface area contributed by atoms with Gasteiger partial charge in [-0.15, -0.1) is 0 Å². The van der Waals surface area contributed by atoms with Gasteiger partial charge >= 0.3 is 0 Å². The van der Waals surface area contributed by atoms with Crippen LogP contribution in [0.15, 0.2) is 34.8 Å². The Bertz CT molecular complexity index is 590. The summed E-state index contributed by atoms with van der Waals surface area (Å²) in [6.45, 7) is 2.64. The van der Waals surface area contributed by atoms with E-state index in [1.165, 1.54) is 6.07 Å². The van der Waals surface area contributed by atoms with E-state index in [9.17, 15) is 4.39 Å². The number of nitrogens with one attached hydrogen (secondary N) is 1. The minimum atomic E-state index is -0.415. The Kier molecular flexibility index (Phi) is 4.50. The summed E-state index contributed by atoms with van der Waals surface area (Å²) in [5.41, 5.74) is 1.95. The molecule has 0 radical (unpaired) electrons. The van der Waals surface area contributed by atoms with Crippen molar-refractivity contribution in [3.63, 3.8) is 0 Å². The van der Waals surface area contributed by atoms with Crippen LogP contribution >= 0.6 is 15.9 Å². The molecule has 3 nitrogen and oxygen atoms in total. The first-order chi connectivity index (χ1) is 9.10. The van der Waals surface area contributed by atoms with Gasteiger partial charge in [0, 0.05) is 22.8 Å². The van der Waals surface area contributed by atoms with E-state index in [0.29, 0.717) is 5.88 Å². The van der Waals surface area contributed by atoms with Gasteiger partial charge in [-0.05, 0) is 37.7 Å². The Morgan fingerprint density at radius 1 is 1.32 bits per heavy atom. The van der Waals surface area contributed by atoms with Crippen molar-refractivity contribution in [1.82, 2.24) is 10.3 Å². The highest BCUT2D eigenvalue weighted by Gasteiger charge is 2.08. The van der Waals surface area contributed by atoms with Crippen molar-refractivity contribution in [3.05, 3.63) is 51.9 Å². The van der Waals surface area contributed by atoms with Crippen LogP contribution in [0.25, 0.3) is 0 Å². The molecule has 1 heterocycles. The first kappa shape index (κ1) is 14.0. The second-order valence-electron chi connectivity index (χ2n) is 4.10. The predicted molar refractivity (Wildman–Crippen MR) is 75.9 cm³/mol. The highest BCUT2D eigenvalue weighted by molar-refractivity contribution is 9.10. The molecule has 0 amide bonds. The summed E-state index contributed by atoms with van der Waals surface area (Å²) >= 11 is 3.28. The van der Waals surface area contributed by atoms with Gasteiger partial charge in [-0.25, -0.2) is 9.37 Å². The van der Waals surface area contributed by atoms with Crippen molar-refractivity contribution in [2.24, 2.45) is 0 Å². The summed E-state index contributed by atoms with van der Waals surface area (Å²) in [6, 6.07) is 8.20. The zero-order valence-electron chi connectivity index (χ0n) is 10.7. The average molecular weight is 325 g/mol. The van der Waals surface area contributed by atoms with Crippen molar-refractivity contribution in [2.75, 3.05) is 7.05 Å². The quantitative estimate of drug-likeness (QED) is 0.928. The maximum absolute atomic E-state index is 13.6. The lowest BCUT2D eigenvalue weighted by Gasteiger charge is -2.09. The molecule has 0 aliphatic rings. The SMILES string of the molecule is CNCc1ccc(Oc2cc(Br)ccc2F)nc1C. The molecule has 19 heavy (non-hydrogen) atoms. The van der Waals surface area contributed by atoms with Crippen LogP contribution in [0, 0.1) is 12.7 Å². The molecule has 2 rings (SSSR count). The fourth-order valence-electron chi connectivity index (χ4n) is 1.67. The molecule has 0 saturated carbocycles. The summed E-state index contributed by atoms with van der Waals surface area (Å²) in [4.78, 5) is 4.31. The fourth-order valence-corrected chi connectivity index (χ4v) is 2.01. The van der Waals surface area contributed by atoms with Crippen molar-refractivity contribution >= 4 is 15.9 Å². The van der Waals surface area contributed by atoms with Gasteiger partial charge in [0.15, 0.2) is 11.6 Å². The summed E-state index contributed by atoms with van der Waals surface area (Å²) < 4.78 is 19.8. The van der Waals surface area contributed by atoms with Crippen molar-refractivity contribution < 1.29 is 9.13 Å². The molecule has 0 saturated heterocycles. The summed E-state index contributed by atoms with van der Waals surface area (Å²) in [5.74, 6) is 0.124. The van der Waals surface area contributed by atoms with Gasteiger partial charge in [0.25, 0.3) is 0 Å². The molecule has 0 aliphatic carbocycles. The van der Waals surface area contributed by atoms with E-state index in [0.717, 1.165) is 22.3 Å². The molecule has 1 N–H and O–H groups in total. The Balaban J connectivity index is 2.24. The van der Waals surface area contributed by atoms with Crippen LogP contribution in [0.2, 0.25) is 0 Å². The predicted octanol–water partition coefficient (Wildman–Crippen LogP) is 3.80. The molecular formula is C14H14BrFN2O. The van der Waals surface area contributed by atoms with Crippen LogP contribution in [0.1, 0.15) is 11.3 Å². The Morgan fingerprint density at radius 2 is 2.11 bits per heavy atom. The molecule has 5 heteroatoms. The second-order valence-corrected chi connectivity index (χ2v) is 5.02. The first-order valence-corrected chi connectivity index (χ1v) is 6.63. The smallest absolute Gasteiger partial charge is 0.219 e. The molecule has 2 aromatic rings. The van der Waals surface area contributed by atoms with Crippen molar-refractivity contribution in [2.45, 2.75) is 13.5 Å². The Hall–Kier alpha value is -1.46. The van der Waals surface area contributed by atoms with Crippen molar-refractivity contribution in [3.8, 4) is 11.6 Å². The molecule has 0 bridgehead atoms. The highest BCUT2D eigenvalue weighted by atomic mass is 79.9. The minimum absolute atomic E-state index is 0.155. The van der Waals surface area contributed by atoms with Gasteiger partial charge in [0.2, 0.25) is 5.88 Å². The van der Waals surface area contributed by atoms with Gasteiger partial charge in [-0.1, -0.05) is 22.0 Å². The molecule has 1 aromatic carbocycles. The third-order valence-electron chi connectivity index (χ3n) is 2.64. The summed E-state index contributed by atoms with van der Waals surface area (Å²) in [5, 5.41) is 3.06. The van der Waals surface area contributed by atoms with E-state index in [4.69, 9.17) is 4.74 Å². The van der Waals surface area contributed by atoms with Crippen LogP contribution in [0.4, 0.5) is 4.39 Å². The number of nitrogens with zero attached hydrogens (tertiary/aromatic N) is 1. The molecule has 1 aromatic heterocycles. The van der Waals surface area contributed by atoms with E-state index in [2.05, 4.69) is 26.2 Å². The zero-order chi connectivity index (χ0) is 13.8. The van der Waals surface area contributed by atoms with E-state index in [1.807, 2.05) is 20.0 Å². The second kappa shape index (κ2) is 6.12. The number of pyridine rings is 1. The zero-order valence-corrected chi connectivity index (χ0v) is 12.3. The van der Waals surface area contributed by atoms with E-state index in [1.54, 1.807) is 18.2 Å².